The topological polar surface area (TPSA) is 45.8 Å². The predicted octanol–water partition coefficient (Wildman–Crippen LogP) is 3.78. The fourth-order valence-corrected chi connectivity index (χ4v) is 2.57. The van der Waals surface area contributed by atoms with Gasteiger partial charge in [0.25, 0.3) is 5.56 Å². The molecular weight excluding hydrogens is 330 g/mol. The van der Waals surface area contributed by atoms with Crippen LogP contribution in [0.1, 0.15) is 26.5 Å². The SMILES string of the molecule is CC(C)(C)c1nc(-c2cc(F)cc(F)c2)[nH]c(=O)c1Br. The van der Waals surface area contributed by atoms with Gasteiger partial charge in [0.1, 0.15) is 21.9 Å². The number of hydrogen-bond acceptors (Lipinski definition) is 2. The number of nitrogens with one attached hydrogen (secondary N) is 1. The minimum absolute atomic E-state index is 0.140. The summed E-state index contributed by atoms with van der Waals surface area (Å²) < 4.78 is 26.8. The Morgan fingerprint density at radius 2 is 1.70 bits per heavy atom. The van der Waals surface area contributed by atoms with Crippen molar-refractivity contribution in [2.24, 2.45) is 0 Å². The van der Waals surface area contributed by atoms with Gasteiger partial charge in [-0.2, -0.15) is 0 Å². The molecule has 0 atom stereocenters. The fraction of sp³-hybridized carbons (Fsp3) is 0.286. The van der Waals surface area contributed by atoms with Gasteiger partial charge in [-0.1, -0.05) is 20.8 Å². The molecule has 0 saturated heterocycles. The number of aromatic amines is 1. The average Bonchev–Trinajstić information content (AvgIpc) is 2.29. The van der Waals surface area contributed by atoms with Gasteiger partial charge in [-0.15, -0.1) is 0 Å². The number of halogens is 3. The minimum atomic E-state index is -0.720. The Labute approximate surface area is 123 Å². The van der Waals surface area contributed by atoms with Crippen LogP contribution >= 0.6 is 15.9 Å². The van der Waals surface area contributed by atoms with E-state index in [1.54, 1.807) is 0 Å². The van der Waals surface area contributed by atoms with Crippen LogP contribution in [0.2, 0.25) is 0 Å². The predicted molar refractivity (Wildman–Crippen MR) is 76.6 cm³/mol. The monoisotopic (exact) mass is 342 g/mol. The molecule has 106 valence electrons. The van der Waals surface area contributed by atoms with Crippen LogP contribution in [0.3, 0.4) is 0 Å². The van der Waals surface area contributed by atoms with Crippen molar-refractivity contribution in [1.29, 1.82) is 0 Å². The number of nitrogens with zero attached hydrogens (tertiary/aromatic N) is 1. The first-order valence-electron chi connectivity index (χ1n) is 5.95. The molecule has 6 heteroatoms. The summed E-state index contributed by atoms with van der Waals surface area (Å²) in [6.07, 6.45) is 0. The van der Waals surface area contributed by atoms with E-state index in [0.29, 0.717) is 10.2 Å². The quantitative estimate of drug-likeness (QED) is 0.857. The number of hydrogen-bond donors (Lipinski definition) is 1. The lowest BCUT2D eigenvalue weighted by molar-refractivity contribution is 0.562. The summed E-state index contributed by atoms with van der Waals surface area (Å²) in [4.78, 5) is 18.8. The van der Waals surface area contributed by atoms with Gasteiger partial charge in [0.2, 0.25) is 0 Å². The van der Waals surface area contributed by atoms with E-state index in [9.17, 15) is 13.6 Å². The van der Waals surface area contributed by atoms with Crippen LogP contribution < -0.4 is 5.56 Å². The second kappa shape index (κ2) is 5.09. The van der Waals surface area contributed by atoms with Gasteiger partial charge in [0.15, 0.2) is 0 Å². The zero-order valence-electron chi connectivity index (χ0n) is 11.2. The molecule has 2 aromatic rings. The van der Waals surface area contributed by atoms with Crippen molar-refractivity contribution in [1.82, 2.24) is 9.97 Å². The molecule has 0 saturated carbocycles. The molecule has 0 unspecified atom stereocenters. The third-order valence-electron chi connectivity index (χ3n) is 2.71. The molecule has 3 nitrogen and oxygen atoms in total. The molecule has 2 rings (SSSR count). The van der Waals surface area contributed by atoms with E-state index in [4.69, 9.17) is 0 Å². The lowest BCUT2D eigenvalue weighted by atomic mass is 9.92. The molecule has 1 heterocycles. The highest BCUT2D eigenvalue weighted by Crippen LogP contribution is 2.27. The summed E-state index contributed by atoms with van der Waals surface area (Å²) in [6.45, 7) is 5.69. The number of H-pyrrole nitrogens is 1. The average molecular weight is 343 g/mol. The maximum atomic E-state index is 13.3. The highest BCUT2D eigenvalue weighted by molar-refractivity contribution is 9.10. The van der Waals surface area contributed by atoms with Gasteiger partial charge in [0, 0.05) is 17.0 Å². The standard InChI is InChI=1S/C14H13BrF2N2O/c1-14(2,3)11-10(15)13(20)19-12(18-11)7-4-8(16)6-9(17)5-7/h4-6H,1-3H3,(H,18,19,20). The van der Waals surface area contributed by atoms with Crippen molar-refractivity contribution < 1.29 is 8.78 Å². The van der Waals surface area contributed by atoms with Crippen LogP contribution in [0.4, 0.5) is 8.78 Å². The Kier molecular flexibility index (Phi) is 3.77. The first-order chi connectivity index (χ1) is 9.18. The van der Waals surface area contributed by atoms with Gasteiger partial charge in [-0.05, 0) is 28.1 Å². The molecule has 1 N–H and O–H groups in total. The van der Waals surface area contributed by atoms with Crippen molar-refractivity contribution in [3.63, 3.8) is 0 Å². The summed E-state index contributed by atoms with van der Waals surface area (Å²) in [7, 11) is 0. The summed E-state index contributed by atoms with van der Waals surface area (Å²) in [6, 6.07) is 3.02. The molecule has 0 aliphatic carbocycles. The Hall–Kier alpha value is -1.56. The van der Waals surface area contributed by atoms with E-state index < -0.39 is 11.6 Å². The van der Waals surface area contributed by atoms with Gasteiger partial charge in [0.05, 0.1) is 5.69 Å². The van der Waals surface area contributed by atoms with Gasteiger partial charge in [-0.3, -0.25) is 4.79 Å². The lowest BCUT2D eigenvalue weighted by Gasteiger charge is -2.19. The maximum absolute atomic E-state index is 13.3. The Balaban J connectivity index is 2.70. The van der Waals surface area contributed by atoms with E-state index in [1.807, 2.05) is 20.8 Å². The molecule has 0 amide bonds. The molecule has 0 spiro atoms. The third-order valence-corrected chi connectivity index (χ3v) is 3.44. The second-order valence-corrected chi connectivity index (χ2v) is 6.28. The molecule has 1 aromatic heterocycles. The molecule has 0 radical (unpaired) electrons. The highest BCUT2D eigenvalue weighted by atomic mass is 79.9. The summed E-state index contributed by atoms with van der Waals surface area (Å²) in [5.74, 6) is -1.30. The Bertz CT molecular complexity index is 700. The van der Waals surface area contributed by atoms with Crippen LogP contribution in [-0.2, 0) is 5.41 Å². The van der Waals surface area contributed by atoms with Crippen molar-refractivity contribution in [3.8, 4) is 11.4 Å². The van der Waals surface area contributed by atoms with Crippen LogP contribution in [-0.4, -0.2) is 9.97 Å². The van der Waals surface area contributed by atoms with E-state index in [2.05, 4.69) is 25.9 Å². The zero-order valence-corrected chi connectivity index (χ0v) is 12.8. The van der Waals surface area contributed by atoms with Gasteiger partial charge < -0.3 is 4.98 Å². The number of rotatable bonds is 1. The highest BCUT2D eigenvalue weighted by Gasteiger charge is 2.22. The molecule has 0 fully saturated rings. The van der Waals surface area contributed by atoms with E-state index in [0.717, 1.165) is 18.2 Å². The molecule has 0 bridgehead atoms. The summed E-state index contributed by atoms with van der Waals surface area (Å²) >= 11 is 3.20. The van der Waals surface area contributed by atoms with E-state index >= 15 is 0 Å². The van der Waals surface area contributed by atoms with Crippen LogP contribution in [0, 0.1) is 11.6 Å². The second-order valence-electron chi connectivity index (χ2n) is 5.49. The normalized spacial score (nSPS) is 11.7. The zero-order chi connectivity index (χ0) is 15.1. The molecular formula is C14H13BrF2N2O. The molecule has 1 aromatic carbocycles. The maximum Gasteiger partial charge on any atom is 0.265 e. The van der Waals surface area contributed by atoms with Crippen molar-refractivity contribution >= 4 is 15.9 Å². The molecule has 20 heavy (non-hydrogen) atoms. The summed E-state index contributed by atoms with van der Waals surface area (Å²) in [5, 5.41) is 0. The third kappa shape index (κ3) is 2.95. The van der Waals surface area contributed by atoms with Gasteiger partial charge >= 0.3 is 0 Å². The summed E-state index contributed by atoms with van der Waals surface area (Å²) in [5.41, 5.74) is -0.0450. The van der Waals surface area contributed by atoms with E-state index in [-0.39, 0.29) is 22.4 Å². The molecule has 0 aliphatic heterocycles. The molecule has 0 aliphatic rings. The van der Waals surface area contributed by atoms with Crippen LogP contribution in [0.5, 0.6) is 0 Å². The number of benzene rings is 1. The Morgan fingerprint density at radius 3 is 2.20 bits per heavy atom. The number of aromatic nitrogens is 2. The fourth-order valence-electron chi connectivity index (χ4n) is 1.78. The first-order valence-corrected chi connectivity index (χ1v) is 6.74. The van der Waals surface area contributed by atoms with E-state index in [1.165, 1.54) is 0 Å². The van der Waals surface area contributed by atoms with Crippen LogP contribution in [0.25, 0.3) is 11.4 Å². The minimum Gasteiger partial charge on any atom is -0.306 e. The van der Waals surface area contributed by atoms with Crippen molar-refractivity contribution in [3.05, 3.63) is 50.4 Å². The lowest BCUT2D eigenvalue weighted by Crippen LogP contribution is -2.22. The van der Waals surface area contributed by atoms with Crippen molar-refractivity contribution in [2.45, 2.75) is 26.2 Å². The van der Waals surface area contributed by atoms with Crippen molar-refractivity contribution in [2.75, 3.05) is 0 Å². The van der Waals surface area contributed by atoms with Crippen LogP contribution in [0.15, 0.2) is 27.5 Å². The first kappa shape index (κ1) is 14.8. The Morgan fingerprint density at radius 1 is 1.15 bits per heavy atom. The largest absolute Gasteiger partial charge is 0.306 e. The van der Waals surface area contributed by atoms with Gasteiger partial charge in [-0.25, -0.2) is 13.8 Å². The smallest absolute Gasteiger partial charge is 0.265 e.